The van der Waals surface area contributed by atoms with Gasteiger partial charge in [-0.1, -0.05) is 12.1 Å². The molecule has 0 radical (unpaired) electrons. The van der Waals surface area contributed by atoms with Gasteiger partial charge in [0.2, 0.25) is 0 Å². The van der Waals surface area contributed by atoms with E-state index in [9.17, 15) is 9.59 Å². The predicted molar refractivity (Wildman–Crippen MR) is 100 cm³/mol. The molecule has 2 N–H and O–H groups in total. The smallest absolute Gasteiger partial charge is 0.315 e. The van der Waals surface area contributed by atoms with E-state index in [1.165, 1.54) is 0 Å². The van der Waals surface area contributed by atoms with E-state index in [-0.39, 0.29) is 24.1 Å². The number of urea groups is 1. The average Bonchev–Trinajstić information content (AvgIpc) is 3.17. The summed E-state index contributed by atoms with van der Waals surface area (Å²) < 4.78 is 10.6. The summed E-state index contributed by atoms with van der Waals surface area (Å²) >= 11 is 0. The summed E-state index contributed by atoms with van der Waals surface area (Å²) in [6, 6.07) is 8.86. The van der Waals surface area contributed by atoms with Gasteiger partial charge in [-0.25, -0.2) is 4.79 Å². The molecule has 27 heavy (non-hydrogen) atoms. The topological polar surface area (TPSA) is 83.8 Å². The van der Waals surface area contributed by atoms with E-state index in [0.29, 0.717) is 31.7 Å². The third-order valence-electron chi connectivity index (χ3n) is 4.39. The Bertz CT molecular complexity index is 748. The lowest BCUT2D eigenvalue weighted by atomic mass is 10.1. The summed E-state index contributed by atoms with van der Waals surface area (Å²) in [5, 5.41) is 5.55. The van der Waals surface area contributed by atoms with Crippen molar-refractivity contribution in [3.05, 3.63) is 59.5 Å². The lowest BCUT2D eigenvalue weighted by Crippen LogP contribution is -2.48. The highest BCUT2D eigenvalue weighted by molar-refractivity contribution is 5.94. The van der Waals surface area contributed by atoms with E-state index < -0.39 is 0 Å². The number of furan rings is 1. The predicted octanol–water partition coefficient (Wildman–Crippen LogP) is 2.53. The lowest BCUT2D eigenvalue weighted by molar-refractivity contribution is -0.0586. The number of benzene rings is 1. The SMILES string of the molecule is C[C@@H]1CN(C(=O)c2ccc(CNC(=O)NCc3ccoc3)cc2)C[C@@H](C)O1. The van der Waals surface area contributed by atoms with Crippen LogP contribution in [-0.4, -0.2) is 42.1 Å². The first-order valence-electron chi connectivity index (χ1n) is 9.07. The molecule has 7 nitrogen and oxygen atoms in total. The van der Waals surface area contributed by atoms with Crippen LogP contribution in [0, 0.1) is 0 Å². The van der Waals surface area contributed by atoms with Crippen LogP contribution < -0.4 is 10.6 Å². The molecule has 0 spiro atoms. The molecule has 1 saturated heterocycles. The quantitative estimate of drug-likeness (QED) is 0.846. The summed E-state index contributed by atoms with van der Waals surface area (Å²) in [5.74, 6) is 0.00867. The van der Waals surface area contributed by atoms with E-state index >= 15 is 0 Å². The van der Waals surface area contributed by atoms with Crippen molar-refractivity contribution >= 4 is 11.9 Å². The van der Waals surface area contributed by atoms with E-state index in [1.807, 2.05) is 30.9 Å². The fourth-order valence-corrected chi connectivity index (χ4v) is 3.11. The molecule has 1 aromatic carbocycles. The number of rotatable bonds is 5. The van der Waals surface area contributed by atoms with Gasteiger partial charge in [-0.05, 0) is 37.6 Å². The van der Waals surface area contributed by atoms with Crippen LogP contribution in [0.25, 0.3) is 0 Å². The molecule has 0 aliphatic carbocycles. The van der Waals surface area contributed by atoms with E-state index in [2.05, 4.69) is 10.6 Å². The Morgan fingerprint density at radius 1 is 1.00 bits per heavy atom. The number of morpholine rings is 1. The van der Waals surface area contributed by atoms with Crippen molar-refractivity contribution in [1.29, 1.82) is 0 Å². The highest BCUT2D eigenvalue weighted by atomic mass is 16.5. The van der Waals surface area contributed by atoms with Crippen molar-refractivity contribution in [2.45, 2.75) is 39.1 Å². The highest BCUT2D eigenvalue weighted by Gasteiger charge is 2.26. The Balaban J connectivity index is 1.48. The van der Waals surface area contributed by atoms with Crippen molar-refractivity contribution in [1.82, 2.24) is 15.5 Å². The van der Waals surface area contributed by atoms with Crippen molar-refractivity contribution in [3.8, 4) is 0 Å². The molecule has 0 unspecified atom stereocenters. The second-order valence-corrected chi connectivity index (χ2v) is 6.83. The number of carbonyl (C=O) groups is 2. The van der Waals surface area contributed by atoms with Crippen LogP contribution in [0.2, 0.25) is 0 Å². The van der Waals surface area contributed by atoms with Crippen molar-refractivity contribution in [2.24, 2.45) is 0 Å². The molecule has 1 aliphatic heterocycles. The normalized spacial score (nSPS) is 19.6. The Morgan fingerprint density at radius 2 is 1.63 bits per heavy atom. The molecule has 1 fully saturated rings. The fourth-order valence-electron chi connectivity index (χ4n) is 3.11. The summed E-state index contributed by atoms with van der Waals surface area (Å²) in [6.07, 6.45) is 3.24. The van der Waals surface area contributed by atoms with Gasteiger partial charge < -0.3 is 24.7 Å². The molecular formula is C20H25N3O4. The second-order valence-electron chi connectivity index (χ2n) is 6.83. The molecule has 0 saturated carbocycles. The number of carbonyl (C=O) groups excluding carboxylic acids is 2. The van der Waals surface area contributed by atoms with Crippen LogP contribution in [-0.2, 0) is 17.8 Å². The molecule has 3 amide bonds. The second kappa shape index (κ2) is 8.73. The minimum atomic E-state index is -0.257. The zero-order valence-electron chi connectivity index (χ0n) is 15.6. The first kappa shape index (κ1) is 19.0. The molecule has 144 valence electrons. The monoisotopic (exact) mass is 371 g/mol. The van der Waals surface area contributed by atoms with Gasteiger partial charge in [-0.2, -0.15) is 0 Å². The van der Waals surface area contributed by atoms with Crippen molar-refractivity contribution in [2.75, 3.05) is 13.1 Å². The first-order valence-corrected chi connectivity index (χ1v) is 9.07. The van der Waals surface area contributed by atoms with Gasteiger partial charge in [-0.3, -0.25) is 4.79 Å². The standard InChI is InChI=1S/C20H25N3O4/c1-14-11-23(12-15(2)27-14)19(24)18-5-3-16(4-6-18)9-21-20(25)22-10-17-7-8-26-13-17/h3-8,13-15H,9-12H2,1-2H3,(H2,21,22,25)/t14-,15-/m1/s1. The van der Waals surface area contributed by atoms with Crippen LogP contribution in [0.5, 0.6) is 0 Å². The van der Waals surface area contributed by atoms with Gasteiger partial charge >= 0.3 is 6.03 Å². The van der Waals surface area contributed by atoms with Gasteiger partial charge in [0.15, 0.2) is 0 Å². The molecule has 2 atom stereocenters. The Kier molecular flexibility index (Phi) is 6.13. The number of nitrogens with one attached hydrogen (secondary N) is 2. The minimum absolute atomic E-state index is 0.00867. The number of ether oxygens (including phenoxy) is 1. The number of nitrogens with zero attached hydrogens (tertiary/aromatic N) is 1. The fraction of sp³-hybridized carbons (Fsp3) is 0.400. The van der Waals surface area contributed by atoms with Gasteiger partial charge in [-0.15, -0.1) is 0 Å². The van der Waals surface area contributed by atoms with Gasteiger partial charge in [0.1, 0.15) is 0 Å². The van der Waals surface area contributed by atoms with E-state index in [1.54, 1.807) is 30.7 Å². The molecular weight excluding hydrogens is 346 g/mol. The number of hydrogen-bond acceptors (Lipinski definition) is 4. The Morgan fingerprint density at radius 3 is 2.22 bits per heavy atom. The van der Waals surface area contributed by atoms with E-state index in [4.69, 9.17) is 9.15 Å². The van der Waals surface area contributed by atoms with Crippen molar-refractivity contribution in [3.63, 3.8) is 0 Å². The molecule has 2 heterocycles. The highest BCUT2D eigenvalue weighted by Crippen LogP contribution is 2.15. The van der Waals surface area contributed by atoms with Crippen LogP contribution in [0.15, 0.2) is 47.3 Å². The molecule has 3 rings (SSSR count). The van der Waals surface area contributed by atoms with Crippen LogP contribution in [0.1, 0.15) is 35.3 Å². The lowest BCUT2D eigenvalue weighted by Gasteiger charge is -2.35. The maximum atomic E-state index is 12.6. The average molecular weight is 371 g/mol. The summed E-state index contributed by atoms with van der Waals surface area (Å²) in [6.45, 7) is 5.95. The Labute approximate surface area is 158 Å². The van der Waals surface area contributed by atoms with Crippen LogP contribution in [0.3, 0.4) is 0 Å². The van der Waals surface area contributed by atoms with Crippen molar-refractivity contribution < 1.29 is 18.7 Å². The zero-order chi connectivity index (χ0) is 19.2. The summed E-state index contributed by atoms with van der Waals surface area (Å²) in [4.78, 5) is 26.3. The maximum Gasteiger partial charge on any atom is 0.315 e. The Hall–Kier alpha value is -2.80. The summed E-state index contributed by atoms with van der Waals surface area (Å²) in [5.41, 5.74) is 2.47. The van der Waals surface area contributed by atoms with Gasteiger partial charge in [0.05, 0.1) is 24.7 Å². The molecule has 0 bridgehead atoms. The summed E-state index contributed by atoms with van der Waals surface area (Å²) in [7, 11) is 0. The molecule has 2 aromatic rings. The third kappa shape index (κ3) is 5.34. The largest absolute Gasteiger partial charge is 0.472 e. The maximum absolute atomic E-state index is 12.6. The number of amides is 3. The van der Waals surface area contributed by atoms with Crippen LogP contribution in [0.4, 0.5) is 4.79 Å². The van der Waals surface area contributed by atoms with Crippen LogP contribution >= 0.6 is 0 Å². The minimum Gasteiger partial charge on any atom is -0.472 e. The van der Waals surface area contributed by atoms with E-state index in [0.717, 1.165) is 11.1 Å². The molecule has 1 aliphatic rings. The van der Waals surface area contributed by atoms with Gasteiger partial charge in [0, 0.05) is 37.3 Å². The zero-order valence-corrected chi connectivity index (χ0v) is 15.6. The van der Waals surface area contributed by atoms with Gasteiger partial charge in [0.25, 0.3) is 5.91 Å². The molecule has 1 aromatic heterocycles. The third-order valence-corrected chi connectivity index (χ3v) is 4.39. The number of hydrogen-bond donors (Lipinski definition) is 2. The first-order chi connectivity index (χ1) is 13.0. The molecule has 7 heteroatoms.